The predicted octanol–water partition coefficient (Wildman–Crippen LogP) is 1.28. The number of hydrogen-bond donors (Lipinski definition) is 2. The highest BCUT2D eigenvalue weighted by Crippen LogP contribution is 2.26. The second kappa shape index (κ2) is 5.44. The minimum Gasteiger partial charge on any atom is -0.478 e. The van der Waals surface area contributed by atoms with Gasteiger partial charge in [-0.15, -0.1) is 0 Å². The molecule has 1 aliphatic heterocycles. The van der Waals surface area contributed by atoms with Crippen molar-refractivity contribution in [1.82, 2.24) is 4.98 Å². The standard InChI is InChI=1S/C12H14ClN3O3/c13-8-6-15-10(5-7(8)12(18)19)16-4-2-1-3-9(16)11(14)17/h5-6,9H,1-4H2,(H2,14,17)(H,18,19). The van der Waals surface area contributed by atoms with Gasteiger partial charge in [-0.1, -0.05) is 11.6 Å². The first-order valence-electron chi connectivity index (χ1n) is 5.95. The lowest BCUT2D eigenvalue weighted by Crippen LogP contribution is -2.48. The number of carboxylic acid groups (broad SMARTS) is 1. The first-order valence-corrected chi connectivity index (χ1v) is 6.33. The number of hydrogen-bond acceptors (Lipinski definition) is 4. The molecule has 1 aromatic rings. The van der Waals surface area contributed by atoms with Crippen LogP contribution in [-0.2, 0) is 4.79 Å². The number of carbonyl (C=O) groups excluding carboxylic acids is 1. The molecule has 1 fully saturated rings. The van der Waals surface area contributed by atoms with E-state index in [1.165, 1.54) is 12.3 Å². The molecule has 0 radical (unpaired) electrons. The molecule has 1 aromatic heterocycles. The van der Waals surface area contributed by atoms with Gasteiger partial charge >= 0.3 is 5.97 Å². The van der Waals surface area contributed by atoms with E-state index in [1.807, 2.05) is 0 Å². The van der Waals surface area contributed by atoms with Crippen molar-refractivity contribution >= 4 is 29.3 Å². The Morgan fingerprint density at radius 1 is 1.47 bits per heavy atom. The van der Waals surface area contributed by atoms with Crippen LogP contribution in [-0.4, -0.2) is 34.6 Å². The Labute approximate surface area is 115 Å². The van der Waals surface area contributed by atoms with Gasteiger partial charge in [0.05, 0.1) is 10.6 Å². The fourth-order valence-electron chi connectivity index (χ4n) is 2.25. The molecular weight excluding hydrogens is 270 g/mol. The van der Waals surface area contributed by atoms with E-state index in [1.54, 1.807) is 4.90 Å². The maximum absolute atomic E-state index is 11.4. The number of pyridine rings is 1. The van der Waals surface area contributed by atoms with E-state index in [4.69, 9.17) is 22.4 Å². The molecule has 102 valence electrons. The number of carbonyl (C=O) groups is 2. The van der Waals surface area contributed by atoms with Crippen molar-refractivity contribution in [3.05, 3.63) is 22.8 Å². The first-order chi connectivity index (χ1) is 9.00. The van der Waals surface area contributed by atoms with Crippen LogP contribution in [0.25, 0.3) is 0 Å². The summed E-state index contributed by atoms with van der Waals surface area (Å²) in [6.07, 6.45) is 3.77. The van der Waals surface area contributed by atoms with Crippen molar-refractivity contribution in [3.63, 3.8) is 0 Å². The molecule has 7 heteroatoms. The molecule has 1 saturated heterocycles. The number of aromatic nitrogens is 1. The average Bonchev–Trinajstić information content (AvgIpc) is 2.39. The van der Waals surface area contributed by atoms with E-state index < -0.39 is 17.9 Å². The van der Waals surface area contributed by atoms with E-state index in [0.717, 1.165) is 12.8 Å². The lowest BCUT2D eigenvalue weighted by molar-refractivity contribution is -0.119. The minimum atomic E-state index is -1.12. The monoisotopic (exact) mass is 283 g/mol. The van der Waals surface area contributed by atoms with Crippen LogP contribution in [0.5, 0.6) is 0 Å². The topological polar surface area (TPSA) is 96.5 Å². The van der Waals surface area contributed by atoms with Crippen LogP contribution in [0.1, 0.15) is 29.6 Å². The lowest BCUT2D eigenvalue weighted by atomic mass is 10.0. The Hall–Kier alpha value is -1.82. The molecule has 6 nitrogen and oxygen atoms in total. The van der Waals surface area contributed by atoms with Crippen LogP contribution in [0.3, 0.4) is 0 Å². The normalized spacial score (nSPS) is 19.2. The average molecular weight is 284 g/mol. The summed E-state index contributed by atoms with van der Waals surface area (Å²) < 4.78 is 0. The second-order valence-electron chi connectivity index (χ2n) is 4.43. The summed E-state index contributed by atoms with van der Waals surface area (Å²) in [5.41, 5.74) is 5.34. The Morgan fingerprint density at radius 3 is 2.84 bits per heavy atom. The van der Waals surface area contributed by atoms with Gasteiger partial charge in [0.25, 0.3) is 0 Å². The van der Waals surface area contributed by atoms with E-state index >= 15 is 0 Å². The number of piperidine rings is 1. The molecular formula is C12H14ClN3O3. The fraction of sp³-hybridized carbons (Fsp3) is 0.417. The largest absolute Gasteiger partial charge is 0.478 e. The van der Waals surface area contributed by atoms with Crippen molar-refractivity contribution in [2.75, 3.05) is 11.4 Å². The highest BCUT2D eigenvalue weighted by atomic mass is 35.5. The smallest absolute Gasteiger partial charge is 0.337 e. The molecule has 2 heterocycles. The predicted molar refractivity (Wildman–Crippen MR) is 70.4 cm³/mol. The number of primary amides is 1. The Balaban J connectivity index is 2.36. The van der Waals surface area contributed by atoms with E-state index in [9.17, 15) is 9.59 Å². The zero-order chi connectivity index (χ0) is 14.0. The SMILES string of the molecule is NC(=O)C1CCCCN1c1cc(C(=O)O)c(Cl)cn1. The Morgan fingerprint density at radius 2 is 2.21 bits per heavy atom. The van der Waals surface area contributed by atoms with Crippen molar-refractivity contribution in [3.8, 4) is 0 Å². The van der Waals surface area contributed by atoms with E-state index in [-0.39, 0.29) is 10.6 Å². The Bertz CT molecular complexity index is 521. The molecule has 0 spiro atoms. The molecule has 0 aromatic carbocycles. The molecule has 0 saturated carbocycles. The van der Waals surface area contributed by atoms with Gasteiger partial charge in [0.15, 0.2) is 0 Å². The van der Waals surface area contributed by atoms with E-state index in [2.05, 4.69) is 4.98 Å². The third kappa shape index (κ3) is 2.78. The molecule has 0 aliphatic carbocycles. The van der Waals surface area contributed by atoms with Crippen LogP contribution < -0.4 is 10.6 Å². The van der Waals surface area contributed by atoms with Crippen LogP contribution >= 0.6 is 11.6 Å². The summed E-state index contributed by atoms with van der Waals surface area (Å²) in [4.78, 5) is 28.3. The van der Waals surface area contributed by atoms with Crippen LogP contribution in [0.2, 0.25) is 5.02 Å². The summed E-state index contributed by atoms with van der Waals surface area (Å²) in [7, 11) is 0. The van der Waals surface area contributed by atoms with Gasteiger partial charge in [-0.3, -0.25) is 4.79 Å². The van der Waals surface area contributed by atoms with Crippen molar-refractivity contribution < 1.29 is 14.7 Å². The molecule has 1 unspecified atom stereocenters. The van der Waals surface area contributed by atoms with Gasteiger partial charge in [-0.2, -0.15) is 0 Å². The van der Waals surface area contributed by atoms with Gasteiger partial charge in [-0.05, 0) is 25.3 Å². The number of amides is 1. The molecule has 1 amide bonds. The number of rotatable bonds is 3. The van der Waals surface area contributed by atoms with Gasteiger partial charge in [0.1, 0.15) is 11.9 Å². The van der Waals surface area contributed by atoms with Crippen molar-refractivity contribution in [2.24, 2.45) is 5.73 Å². The number of aromatic carboxylic acids is 1. The van der Waals surface area contributed by atoms with E-state index in [0.29, 0.717) is 18.8 Å². The van der Waals surface area contributed by atoms with Crippen molar-refractivity contribution in [1.29, 1.82) is 0 Å². The second-order valence-corrected chi connectivity index (χ2v) is 4.84. The Kier molecular flexibility index (Phi) is 3.90. The maximum atomic E-state index is 11.4. The third-order valence-electron chi connectivity index (χ3n) is 3.20. The molecule has 1 aliphatic rings. The van der Waals surface area contributed by atoms with Crippen LogP contribution in [0, 0.1) is 0 Å². The number of nitrogens with two attached hydrogens (primary N) is 1. The highest BCUT2D eigenvalue weighted by molar-refractivity contribution is 6.33. The van der Waals surface area contributed by atoms with Crippen molar-refractivity contribution in [2.45, 2.75) is 25.3 Å². The number of halogens is 1. The summed E-state index contributed by atoms with van der Waals surface area (Å²) in [5.74, 6) is -1.13. The molecule has 2 rings (SSSR count). The highest BCUT2D eigenvalue weighted by Gasteiger charge is 2.28. The third-order valence-corrected chi connectivity index (χ3v) is 3.50. The summed E-state index contributed by atoms with van der Waals surface area (Å²) in [5, 5.41) is 9.11. The zero-order valence-corrected chi connectivity index (χ0v) is 10.9. The number of anilines is 1. The zero-order valence-electron chi connectivity index (χ0n) is 10.2. The van der Waals surface area contributed by atoms with Gasteiger partial charge < -0.3 is 15.7 Å². The molecule has 19 heavy (non-hydrogen) atoms. The fourth-order valence-corrected chi connectivity index (χ4v) is 2.43. The molecule has 1 atom stereocenters. The maximum Gasteiger partial charge on any atom is 0.337 e. The summed E-state index contributed by atoms with van der Waals surface area (Å²) in [6, 6.07) is 0.940. The minimum absolute atomic E-state index is 0.0274. The lowest BCUT2D eigenvalue weighted by Gasteiger charge is -2.34. The molecule has 3 N–H and O–H groups in total. The van der Waals surface area contributed by atoms with Crippen LogP contribution in [0.15, 0.2) is 12.3 Å². The quantitative estimate of drug-likeness (QED) is 0.871. The molecule has 0 bridgehead atoms. The summed E-state index contributed by atoms with van der Waals surface area (Å²) >= 11 is 5.78. The van der Waals surface area contributed by atoms with Gasteiger partial charge in [0, 0.05) is 12.7 Å². The van der Waals surface area contributed by atoms with Gasteiger partial charge in [0.2, 0.25) is 5.91 Å². The first kappa shape index (κ1) is 13.6. The summed E-state index contributed by atoms with van der Waals surface area (Å²) in [6.45, 7) is 0.626. The number of nitrogens with zero attached hydrogens (tertiary/aromatic N) is 2. The van der Waals surface area contributed by atoms with Gasteiger partial charge in [-0.25, -0.2) is 9.78 Å². The van der Waals surface area contributed by atoms with Crippen LogP contribution in [0.4, 0.5) is 5.82 Å². The number of carboxylic acids is 1.